The van der Waals surface area contributed by atoms with Crippen molar-refractivity contribution >= 4 is 11.4 Å². The maximum atomic E-state index is 10.6. The van der Waals surface area contributed by atoms with E-state index >= 15 is 0 Å². The molecule has 0 amide bonds. The van der Waals surface area contributed by atoms with Crippen molar-refractivity contribution in [1.29, 1.82) is 0 Å². The second-order valence-electron chi connectivity index (χ2n) is 3.77. The molecule has 2 rings (SSSR count). The van der Waals surface area contributed by atoms with E-state index in [-0.39, 0.29) is 5.69 Å². The number of aryl methyl sites for hydroxylation is 1. The second-order valence-corrected chi connectivity index (χ2v) is 3.77. The molecule has 5 nitrogen and oxygen atoms in total. The quantitative estimate of drug-likeness (QED) is 0.649. The molecule has 0 aliphatic carbocycles. The number of nitrogens with one attached hydrogen (secondary N) is 1. The van der Waals surface area contributed by atoms with Crippen molar-refractivity contribution in [2.45, 2.75) is 6.54 Å². The van der Waals surface area contributed by atoms with Gasteiger partial charge in [-0.05, 0) is 18.2 Å². The molecule has 2 aromatic rings. The molecule has 0 atom stereocenters. The largest absolute Gasteiger partial charge is 0.379 e. The van der Waals surface area contributed by atoms with E-state index < -0.39 is 4.92 Å². The van der Waals surface area contributed by atoms with Crippen LogP contribution in [0, 0.1) is 10.1 Å². The lowest BCUT2D eigenvalue weighted by molar-refractivity contribution is -0.384. The van der Waals surface area contributed by atoms with Crippen molar-refractivity contribution in [1.82, 2.24) is 4.57 Å². The summed E-state index contributed by atoms with van der Waals surface area (Å²) in [5, 5.41) is 13.8. The Morgan fingerprint density at radius 1 is 1.35 bits per heavy atom. The molecule has 1 aromatic carbocycles. The smallest absolute Gasteiger partial charge is 0.271 e. The van der Waals surface area contributed by atoms with Crippen molar-refractivity contribution in [3.8, 4) is 0 Å². The van der Waals surface area contributed by atoms with Gasteiger partial charge in [0.15, 0.2) is 0 Å². The van der Waals surface area contributed by atoms with Crippen LogP contribution in [0.25, 0.3) is 0 Å². The number of rotatable bonds is 4. The summed E-state index contributed by atoms with van der Waals surface area (Å²) >= 11 is 0. The van der Waals surface area contributed by atoms with Crippen LogP contribution in [0.5, 0.6) is 0 Å². The van der Waals surface area contributed by atoms with Gasteiger partial charge in [0.2, 0.25) is 0 Å². The number of nitrogens with zero attached hydrogens (tertiary/aromatic N) is 2. The van der Waals surface area contributed by atoms with Gasteiger partial charge >= 0.3 is 0 Å². The topological polar surface area (TPSA) is 60.1 Å². The van der Waals surface area contributed by atoms with E-state index in [9.17, 15) is 10.1 Å². The van der Waals surface area contributed by atoms with Crippen LogP contribution >= 0.6 is 0 Å². The average Bonchev–Trinajstić information content (AvgIpc) is 2.72. The van der Waals surface area contributed by atoms with Crippen LogP contribution in [0.3, 0.4) is 0 Å². The van der Waals surface area contributed by atoms with Crippen LogP contribution < -0.4 is 5.32 Å². The summed E-state index contributed by atoms with van der Waals surface area (Å²) < 4.78 is 2.00. The highest BCUT2D eigenvalue weighted by atomic mass is 16.6. The highest BCUT2D eigenvalue weighted by Gasteiger charge is 2.05. The molecule has 0 aliphatic rings. The Hall–Kier alpha value is -2.30. The van der Waals surface area contributed by atoms with Gasteiger partial charge in [-0.1, -0.05) is 6.07 Å². The first-order valence-electron chi connectivity index (χ1n) is 5.25. The van der Waals surface area contributed by atoms with E-state index in [0.717, 1.165) is 11.4 Å². The second kappa shape index (κ2) is 4.69. The lowest BCUT2D eigenvalue weighted by atomic mass is 10.3. The van der Waals surface area contributed by atoms with E-state index in [2.05, 4.69) is 5.32 Å². The SMILES string of the molecule is Cn1cccc1CNc1cccc([N+](=O)[O-])c1. The molecule has 1 heterocycles. The molecule has 1 aromatic heterocycles. The first kappa shape index (κ1) is 11.2. The van der Waals surface area contributed by atoms with Crippen LogP contribution in [0.4, 0.5) is 11.4 Å². The predicted molar refractivity (Wildman–Crippen MR) is 65.8 cm³/mol. The van der Waals surface area contributed by atoms with E-state index in [1.165, 1.54) is 12.1 Å². The monoisotopic (exact) mass is 231 g/mol. The summed E-state index contributed by atoms with van der Waals surface area (Å²) in [6, 6.07) is 10.5. The molecule has 0 aliphatic heterocycles. The van der Waals surface area contributed by atoms with Crippen molar-refractivity contribution in [3.05, 3.63) is 58.4 Å². The zero-order chi connectivity index (χ0) is 12.3. The fourth-order valence-electron chi connectivity index (χ4n) is 1.60. The number of anilines is 1. The summed E-state index contributed by atoms with van der Waals surface area (Å²) in [4.78, 5) is 10.2. The zero-order valence-electron chi connectivity index (χ0n) is 9.46. The lowest BCUT2D eigenvalue weighted by Gasteiger charge is -2.07. The molecule has 0 bridgehead atoms. The zero-order valence-corrected chi connectivity index (χ0v) is 9.46. The summed E-state index contributed by atoms with van der Waals surface area (Å²) in [5.74, 6) is 0. The number of aromatic nitrogens is 1. The molecular weight excluding hydrogens is 218 g/mol. The average molecular weight is 231 g/mol. The molecule has 17 heavy (non-hydrogen) atoms. The van der Waals surface area contributed by atoms with Crippen LogP contribution in [0.15, 0.2) is 42.6 Å². The van der Waals surface area contributed by atoms with Gasteiger partial charge in [-0.3, -0.25) is 10.1 Å². The van der Waals surface area contributed by atoms with E-state index in [1.54, 1.807) is 6.07 Å². The molecule has 1 N–H and O–H groups in total. The Bertz CT molecular complexity index is 534. The van der Waals surface area contributed by atoms with Crippen molar-refractivity contribution < 1.29 is 4.92 Å². The standard InChI is InChI=1S/C12H13N3O2/c1-14-7-3-6-12(14)9-13-10-4-2-5-11(8-10)15(16)17/h2-8,13H,9H2,1H3. The van der Waals surface area contributed by atoms with E-state index in [4.69, 9.17) is 0 Å². The highest BCUT2D eigenvalue weighted by Crippen LogP contribution is 2.17. The summed E-state index contributed by atoms with van der Waals surface area (Å²) in [6.45, 7) is 0.644. The molecule has 0 saturated carbocycles. The maximum absolute atomic E-state index is 10.6. The molecular formula is C12H13N3O2. The minimum atomic E-state index is -0.395. The van der Waals surface area contributed by atoms with Gasteiger partial charge in [0.25, 0.3) is 5.69 Å². The Balaban J connectivity index is 2.07. The molecule has 0 spiro atoms. The normalized spacial score (nSPS) is 10.2. The van der Waals surface area contributed by atoms with Gasteiger partial charge in [-0.2, -0.15) is 0 Å². The first-order chi connectivity index (χ1) is 8.16. The van der Waals surface area contributed by atoms with Crippen LogP contribution in [-0.4, -0.2) is 9.49 Å². The molecule has 88 valence electrons. The molecule has 5 heteroatoms. The van der Waals surface area contributed by atoms with Gasteiger partial charge in [0.1, 0.15) is 0 Å². The fraction of sp³-hybridized carbons (Fsp3) is 0.167. The summed E-state index contributed by atoms with van der Waals surface area (Å²) in [5.41, 5.74) is 1.97. The molecule has 0 fully saturated rings. The molecule has 0 saturated heterocycles. The third-order valence-electron chi connectivity index (χ3n) is 2.58. The fourth-order valence-corrected chi connectivity index (χ4v) is 1.60. The number of nitro benzene ring substituents is 1. The summed E-state index contributed by atoms with van der Waals surface area (Å²) in [6.07, 6.45) is 1.96. The number of non-ortho nitro benzene ring substituents is 1. The highest BCUT2D eigenvalue weighted by molar-refractivity contribution is 5.51. The van der Waals surface area contributed by atoms with Crippen molar-refractivity contribution in [2.24, 2.45) is 7.05 Å². The van der Waals surface area contributed by atoms with E-state index in [1.807, 2.05) is 36.0 Å². The first-order valence-corrected chi connectivity index (χ1v) is 5.25. The van der Waals surface area contributed by atoms with Gasteiger partial charge in [-0.25, -0.2) is 0 Å². The number of hydrogen-bond acceptors (Lipinski definition) is 3. The Morgan fingerprint density at radius 3 is 2.82 bits per heavy atom. The van der Waals surface area contributed by atoms with Crippen LogP contribution in [0.2, 0.25) is 0 Å². The van der Waals surface area contributed by atoms with Crippen molar-refractivity contribution in [2.75, 3.05) is 5.32 Å². The van der Waals surface area contributed by atoms with Gasteiger partial charge in [0, 0.05) is 36.8 Å². The van der Waals surface area contributed by atoms with Crippen LogP contribution in [-0.2, 0) is 13.6 Å². The minimum Gasteiger partial charge on any atom is -0.379 e. The van der Waals surface area contributed by atoms with Crippen molar-refractivity contribution in [3.63, 3.8) is 0 Å². The third-order valence-corrected chi connectivity index (χ3v) is 2.58. The van der Waals surface area contributed by atoms with Crippen LogP contribution in [0.1, 0.15) is 5.69 Å². The van der Waals surface area contributed by atoms with Gasteiger partial charge in [0.05, 0.1) is 11.5 Å². The Labute approximate surface area is 98.8 Å². The van der Waals surface area contributed by atoms with Gasteiger partial charge < -0.3 is 9.88 Å². The number of hydrogen-bond donors (Lipinski definition) is 1. The molecule has 0 unspecified atom stereocenters. The van der Waals surface area contributed by atoms with E-state index in [0.29, 0.717) is 6.54 Å². The lowest BCUT2D eigenvalue weighted by Crippen LogP contribution is -2.04. The minimum absolute atomic E-state index is 0.0990. The maximum Gasteiger partial charge on any atom is 0.271 e. The Morgan fingerprint density at radius 2 is 2.18 bits per heavy atom. The third kappa shape index (κ3) is 2.63. The summed E-state index contributed by atoms with van der Waals surface area (Å²) in [7, 11) is 1.96. The molecule has 0 radical (unpaired) electrons. The predicted octanol–water partition coefficient (Wildman–Crippen LogP) is 2.55. The van der Waals surface area contributed by atoms with Gasteiger partial charge in [-0.15, -0.1) is 0 Å². The Kier molecular flexibility index (Phi) is 3.09. The number of nitro groups is 1. The number of benzene rings is 1.